The summed E-state index contributed by atoms with van der Waals surface area (Å²) in [5.41, 5.74) is 5.57. The van der Waals surface area contributed by atoms with Gasteiger partial charge < -0.3 is 31.5 Å². The third kappa shape index (κ3) is 23.4. The molecule has 4 atom stereocenters. The highest BCUT2D eigenvalue weighted by Crippen LogP contribution is 2.18. The number of nitrogens with zero attached hydrogens (tertiary/aromatic N) is 4. The van der Waals surface area contributed by atoms with Crippen molar-refractivity contribution in [3.8, 4) is 22.8 Å². The average molecular weight is 1020 g/mol. The van der Waals surface area contributed by atoms with Gasteiger partial charge in [0.25, 0.3) is 11.8 Å². The third-order valence-electron chi connectivity index (χ3n) is 9.35. The summed E-state index contributed by atoms with van der Waals surface area (Å²) in [6.07, 6.45) is 7.33. The molecule has 0 saturated carbocycles. The molecule has 3 aromatic heterocycles. The number of aromatic nitrogens is 4. The van der Waals surface area contributed by atoms with Crippen LogP contribution in [0, 0.1) is 13.8 Å². The quantitative estimate of drug-likeness (QED) is 0.0531. The molecule has 3 aromatic carbocycles. The van der Waals surface area contributed by atoms with Crippen molar-refractivity contribution in [2.75, 3.05) is 0 Å². The van der Waals surface area contributed by atoms with Crippen molar-refractivity contribution in [1.82, 2.24) is 41.2 Å². The lowest BCUT2D eigenvalue weighted by atomic mass is 10.0. The molecule has 0 saturated heterocycles. The minimum absolute atomic E-state index is 0. The standard InChI is InChI=1S/C24H24N4O4.C22H22N4O4S.4C2H6.2CH4/c1-15-13-25-21(26-14-15)18-10-8-17(9-11-18)12-20(23(30)27-16(2)24(31)32)28-22(29)19-6-4-3-5-7-19;1-13-11-23-19(24-12-13)16-7-5-15(6-8-16)10-17(20(27)25-14(2)22(29)30)26-21(28)18-4-3-9-31-18;4*1-2;;/h3-11,13-14,16,20H,12H2,1-2H3,(H,27,30)(H,28,29)(H,31,32);3-9,11-12,14,17H,10H2,1-2H3,(H,25,27)(H,26,28)(H,29,30);4*1-2H3;2*1H4. The zero-order chi connectivity index (χ0) is 53.5. The molecule has 0 aliphatic rings. The van der Waals surface area contributed by atoms with E-state index in [1.165, 1.54) is 25.2 Å². The molecule has 0 radical (unpaired) electrons. The summed E-state index contributed by atoms with van der Waals surface area (Å²) in [5.74, 6) is -3.08. The van der Waals surface area contributed by atoms with Crippen LogP contribution in [0.1, 0.15) is 126 Å². The summed E-state index contributed by atoms with van der Waals surface area (Å²) in [6.45, 7) is 22.6. The Hall–Kier alpha value is -7.66. The summed E-state index contributed by atoms with van der Waals surface area (Å²) >= 11 is 1.26. The summed E-state index contributed by atoms with van der Waals surface area (Å²) in [7, 11) is 0. The second kappa shape index (κ2) is 37.2. The molecule has 3 heterocycles. The molecule has 396 valence electrons. The van der Waals surface area contributed by atoms with Crippen LogP contribution in [0.4, 0.5) is 0 Å². The number of carboxylic acid groups (broad SMARTS) is 2. The van der Waals surface area contributed by atoms with E-state index in [-0.39, 0.29) is 33.6 Å². The lowest BCUT2D eigenvalue weighted by Crippen LogP contribution is -2.51. The number of carbonyl (C=O) groups excluding carboxylic acids is 4. The van der Waals surface area contributed by atoms with Crippen molar-refractivity contribution in [2.24, 2.45) is 0 Å². The fourth-order valence-corrected chi connectivity index (χ4v) is 6.40. The van der Waals surface area contributed by atoms with Crippen molar-refractivity contribution in [3.63, 3.8) is 0 Å². The number of thiophene rings is 1. The van der Waals surface area contributed by atoms with E-state index in [0.29, 0.717) is 22.1 Å². The van der Waals surface area contributed by atoms with E-state index in [4.69, 9.17) is 10.2 Å². The van der Waals surface area contributed by atoms with Crippen LogP contribution in [-0.2, 0) is 32.0 Å². The van der Waals surface area contributed by atoms with Gasteiger partial charge in [0.05, 0.1) is 4.88 Å². The van der Waals surface area contributed by atoms with Gasteiger partial charge in [0.2, 0.25) is 11.8 Å². The minimum atomic E-state index is -1.16. The maximum absolute atomic E-state index is 12.7. The Bertz CT molecular complexity index is 2490. The van der Waals surface area contributed by atoms with E-state index in [0.717, 1.165) is 33.4 Å². The fourth-order valence-electron chi connectivity index (χ4n) is 5.77. The van der Waals surface area contributed by atoms with Crippen LogP contribution in [0.2, 0.25) is 0 Å². The van der Waals surface area contributed by atoms with E-state index >= 15 is 0 Å². The number of aryl methyl sites for hydroxylation is 2. The molecule has 0 aliphatic heterocycles. The first-order valence-corrected chi connectivity index (χ1v) is 24.6. The first kappa shape index (κ1) is 67.4. The number of rotatable bonds is 16. The number of aliphatic carboxylic acids is 2. The smallest absolute Gasteiger partial charge is 0.325 e. The van der Waals surface area contributed by atoms with E-state index in [2.05, 4.69) is 41.2 Å². The van der Waals surface area contributed by atoms with Crippen molar-refractivity contribution >= 4 is 46.9 Å². The molecule has 0 fully saturated rings. The number of benzene rings is 3. The lowest BCUT2D eigenvalue weighted by molar-refractivity contribution is -0.141. The monoisotopic (exact) mass is 1020 g/mol. The van der Waals surface area contributed by atoms with Crippen LogP contribution < -0.4 is 21.3 Å². The van der Waals surface area contributed by atoms with Crippen molar-refractivity contribution in [1.29, 1.82) is 0 Å². The van der Waals surface area contributed by atoms with Crippen molar-refractivity contribution in [2.45, 2.75) is 135 Å². The molecule has 6 aromatic rings. The lowest BCUT2D eigenvalue weighted by Gasteiger charge is -2.20. The molecular weight excluding hydrogens is 945 g/mol. The minimum Gasteiger partial charge on any atom is -0.480 e. The second-order valence-corrected chi connectivity index (χ2v) is 15.5. The zero-order valence-electron chi connectivity index (χ0n) is 42.8. The number of amides is 4. The summed E-state index contributed by atoms with van der Waals surface area (Å²) < 4.78 is 0. The average Bonchev–Trinajstić information content (AvgIpc) is 3.95. The van der Waals surface area contributed by atoms with E-state index in [1.807, 2.05) is 118 Å². The van der Waals surface area contributed by atoms with Gasteiger partial charge in [0.1, 0.15) is 24.2 Å². The van der Waals surface area contributed by atoms with Crippen LogP contribution in [0.15, 0.2) is 121 Å². The van der Waals surface area contributed by atoms with E-state index < -0.39 is 53.8 Å². The molecule has 73 heavy (non-hydrogen) atoms. The van der Waals surface area contributed by atoms with Crippen LogP contribution in [-0.4, -0.2) is 89.9 Å². The van der Waals surface area contributed by atoms with Gasteiger partial charge in [-0.25, -0.2) is 19.9 Å². The van der Waals surface area contributed by atoms with Crippen molar-refractivity contribution < 1.29 is 39.0 Å². The van der Waals surface area contributed by atoms with Crippen molar-refractivity contribution in [3.05, 3.63) is 154 Å². The number of carboxylic acids is 2. The van der Waals surface area contributed by atoms with Gasteiger partial charge in [-0.1, -0.05) is 143 Å². The number of hydrogen-bond donors (Lipinski definition) is 6. The normalized spacial score (nSPS) is 11.1. The molecule has 16 nitrogen and oxygen atoms in total. The number of nitrogens with one attached hydrogen (secondary N) is 4. The maximum Gasteiger partial charge on any atom is 0.325 e. The van der Waals surface area contributed by atoms with E-state index in [9.17, 15) is 28.8 Å². The topological polar surface area (TPSA) is 243 Å². The SMILES string of the molecule is C.C.CC.CC.CC.CC.Cc1cnc(-c2ccc(CC(NC(=O)c3ccccc3)C(=O)NC(C)C(=O)O)cc2)nc1.Cc1cnc(-c2ccc(CC(NC(=O)c3cccs3)C(=O)NC(C)C(=O)O)cc2)nc1. The molecule has 6 rings (SSSR count). The fraction of sp³-hybridized carbons (Fsp3) is 0.357. The second-order valence-electron chi connectivity index (χ2n) is 14.5. The molecule has 0 aliphatic carbocycles. The molecule has 4 amide bonds. The van der Waals surface area contributed by atoms with Gasteiger partial charge in [-0.05, 0) is 73.5 Å². The van der Waals surface area contributed by atoms with Crippen LogP contribution in [0.3, 0.4) is 0 Å². The van der Waals surface area contributed by atoms with Gasteiger partial charge in [-0.3, -0.25) is 28.8 Å². The Morgan fingerprint density at radius 1 is 0.493 bits per heavy atom. The molecule has 0 bridgehead atoms. The van der Waals surface area contributed by atoms with Gasteiger partial charge in [-0.15, -0.1) is 11.3 Å². The first-order valence-electron chi connectivity index (χ1n) is 23.7. The summed E-state index contributed by atoms with van der Waals surface area (Å²) in [5, 5.41) is 30.2. The third-order valence-corrected chi connectivity index (χ3v) is 10.2. The van der Waals surface area contributed by atoms with Gasteiger partial charge in [0.15, 0.2) is 11.6 Å². The Morgan fingerprint density at radius 2 is 0.849 bits per heavy atom. The highest BCUT2D eigenvalue weighted by Gasteiger charge is 2.27. The maximum atomic E-state index is 12.7. The molecular formula is C56H78N8O8S. The first-order chi connectivity index (χ1) is 34.2. The predicted molar refractivity (Wildman–Crippen MR) is 294 cm³/mol. The molecule has 0 spiro atoms. The van der Waals surface area contributed by atoms with Crippen LogP contribution in [0.25, 0.3) is 22.8 Å². The number of hydrogen-bond acceptors (Lipinski definition) is 11. The van der Waals surface area contributed by atoms with Gasteiger partial charge in [-0.2, -0.15) is 0 Å². The predicted octanol–water partition coefficient (Wildman–Crippen LogP) is 10.2. The van der Waals surface area contributed by atoms with Gasteiger partial charge >= 0.3 is 11.9 Å². The Labute approximate surface area is 437 Å². The Morgan fingerprint density at radius 3 is 1.18 bits per heavy atom. The van der Waals surface area contributed by atoms with Crippen LogP contribution in [0.5, 0.6) is 0 Å². The van der Waals surface area contributed by atoms with Crippen LogP contribution >= 0.6 is 11.3 Å². The Balaban J connectivity index is 0. The van der Waals surface area contributed by atoms with E-state index in [1.54, 1.807) is 72.6 Å². The Kier molecular flexibility index (Phi) is 34.3. The number of carbonyl (C=O) groups is 6. The molecule has 17 heteroatoms. The zero-order valence-corrected chi connectivity index (χ0v) is 43.6. The van der Waals surface area contributed by atoms with Gasteiger partial charge in [0, 0.05) is 54.3 Å². The largest absolute Gasteiger partial charge is 0.480 e. The molecule has 6 N–H and O–H groups in total. The highest BCUT2D eigenvalue weighted by molar-refractivity contribution is 7.12. The summed E-state index contributed by atoms with van der Waals surface area (Å²) in [6, 6.07) is 22.6. The summed E-state index contributed by atoms with van der Waals surface area (Å²) in [4.78, 5) is 90.4. The molecule has 4 unspecified atom stereocenters. The highest BCUT2D eigenvalue weighted by atomic mass is 32.1.